The van der Waals surface area contributed by atoms with E-state index in [0.29, 0.717) is 6.04 Å². The molecule has 2 aliphatic heterocycles. The number of rotatable bonds is 2. The van der Waals surface area contributed by atoms with Crippen molar-refractivity contribution in [3.05, 3.63) is 23.2 Å². The monoisotopic (exact) mass is 298 g/mol. The van der Waals surface area contributed by atoms with Crippen molar-refractivity contribution in [2.75, 3.05) is 12.4 Å². The summed E-state index contributed by atoms with van der Waals surface area (Å²) in [6.07, 6.45) is 6.97. The SMILES string of the molecule is CN1C2CC[C@H]1CC(Nc1cc3cc(C#N)sc3cn1)C2. The summed E-state index contributed by atoms with van der Waals surface area (Å²) in [5.41, 5.74) is 0. The Balaban J connectivity index is 1.53. The van der Waals surface area contributed by atoms with Gasteiger partial charge in [-0.25, -0.2) is 4.98 Å². The zero-order valence-corrected chi connectivity index (χ0v) is 12.9. The lowest BCUT2D eigenvalue weighted by Crippen LogP contribution is -2.44. The van der Waals surface area contributed by atoms with Crippen molar-refractivity contribution in [2.24, 2.45) is 0 Å². The Morgan fingerprint density at radius 1 is 1.33 bits per heavy atom. The molecule has 0 aromatic carbocycles. The molecular weight excluding hydrogens is 280 g/mol. The molecule has 2 aromatic rings. The third-order valence-corrected chi connectivity index (χ3v) is 5.95. The van der Waals surface area contributed by atoms with Gasteiger partial charge in [0.2, 0.25) is 0 Å². The second kappa shape index (κ2) is 4.97. The van der Waals surface area contributed by atoms with E-state index in [2.05, 4.69) is 34.4 Å². The number of piperidine rings is 1. The number of anilines is 1. The Kier molecular flexibility index (Phi) is 3.09. The predicted molar refractivity (Wildman–Crippen MR) is 85.6 cm³/mol. The second-order valence-electron chi connectivity index (χ2n) is 6.19. The Labute approximate surface area is 128 Å². The lowest BCUT2D eigenvalue weighted by Gasteiger charge is -2.36. The smallest absolute Gasteiger partial charge is 0.126 e. The molecule has 0 amide bonds. The van der Waals surface area contributed by atoms with Gasteiger partial charge in [-0.1, -0.05) is 0 Å². The lowest BCUT2D eigenvalue weighted by molar-refractivity contribution is 0.169. The van der Waals surface area contributed by atoms with Crippen LogP contribution in [-0.4, -0.2) is 35.1 Å². The first-order valence-corrected chi connectivity index (χ1v) is 8.33. The largest absolute Gasteiger partial charge is 0.367 e. The van der Waals surface area contributed by atoms with Gasteiger partial charge in [0.15, 0.2) is 0 Å². The van der Waals surface area contributed by atoms with Gasteiger partial charge in [0, 0.05) is 24.3 Å². The van der Waals surface area contributed by atoms with E-state index in [0.717, 1.165) is 32.9 Å². The fourth-order valence-electron chi connectivity index (χ4n) is 3.82. The zero-order valence-electron chi connectivity index (χ0n) is 12.0. The van der Waals surface area contributed by atoms with E-state index in [-0.39, 0.29) is 0 Å². The maximum absolute atomic E-state index is 8.98. The summed E-state index contributed by atoms with van der Waals surface area (Å²) in [5.74, 6) is 0.943. The van der Waals surface area contributed by atoms with Gasteiger partial charge in [-0.05, 0) is 50.2 Å². The molecule has 0 aliphatic carbocycles. The van der Waals surface area contributed by atoms with Crippen LogP contribution in [0.4, 0.5) is 5.82 Å². The third-order valence-electron chi connectivity index (χ3n) is 4.96. The van der Waals surface area contributed by atoms with E-state index in [1.54, 1.807) is 0 Å². The number of nitrogens with one attached hydrogen (secondary N) is 1. The molecule has 0 saturated carbocycles. The number of thiophene rings is 1. The van der Waals surface area contributed by atoms with E-state index in [4.69, 9.17) is 5.26 Å². The topological polar surface area (TPSA) is 52.0 Å². The molecule has 4 nitrogen and oxygen atoms in total. The highest BCUT2D eigenvalue weighted by molar-refractivity contribution is 7.19. The molecule has 0 radical (unpaired) electrons. The van der Waals surface area contributed by atoms with E-state index in [1.165, 1.54) is 37.0 Å². The van der Waals surface area contributed by atoms with Gasteiger partial charge in [0.1, 0.15) is 16.8 Å². The number of hydrogen-bond acceptors (Lipinski definition) is 5. The summed E-state index contributed by atoms with van der Waals surface area (Å²) in [5, 5.41) is 13.7. The number of aromatic nitrogens is 1. The number of hydrogen-bond donors (Lipinski definition) is 1. The van der Waals surface area contributed by atoms with Gasteiger partial charge < -0.3 is 10.2 Å². The van der Waals surface area contributed by atoms with Gasteiger partial charge in [-0.3, -0.25) is 0 Å². The quantitative estimate of drug-likeness (QED) is 0.925. The van der Waals surface area contributed by atoms with Crippen molar-refractivity contribution >= 4 is 27.2 Å². The highest BCUT2D eigenvalue weighted by Gasteiger charge is 2.38. The normalized spacial score (nSPS) is 28.7. The molecule has 2 unspecified atom stereocenters. The van der Waals surface area contributed by atoms with Crippen LogP contribution < -0.4 is 5.32 Å². The average molecular weight is 298 g/mol. The summed E-state index contributed by atoms with van der Waals surface area (Å²) < 4.78 is 1.08. The molecule has 1 N–H and O–H groups in total. The summed E-state index contributed by atoms with van der Waals surface area (Å²) in [6, 6.07) is 8.22. The molecule has 3 atom stereocenters. The van der Waals surface area contributed by atoms with Crippen LogP contribution in [-0.2, 0) is 0 Å². The molecule has 0 spiro atoms. The minimum Gasteiger partial charge on any atom is -0.367 e. The van der Waals surface area contributed by atoms with Crippen LogP contribution in [0.3, 0.4) is 0 Å². The fourth-order valence-corrected chi connectivity index (χ4v) is 4.63. The minimum absolute atomic E-state index is 0.526. The van der Waals surface area contributed by atoms with E-state index < -0.39 is 0 Å². The highest BCUT2D eigenvalue weighted by Crippen LogP contribution is 2.35. The molecular formula is C16H18N4S. The van der Waals surface area contributed by atoms with Crippen molar-refractivity contribution in [1.29, 1.82) is 5.26 Å². The average Bonchev–Trinajstić information content (AvgIpc) is 2.96. The van der Waals surface area contributed by atoms with Gasteiger partial charge in [-0.2, -0.15) is 5.26 Å². The van der Waals surface area contributed by atoms with E-state index in [1.807, 2.05) is 12.3 Å². The van der Waals surface area contributed by atoms with E-state index >= 15 is 0 Å². The zero-order chi connectivity index (χ0) is 14.4. The molecule has 4 heterocycles. The number of pyridine rings is 1. The molecule has 2 aromatic heterocycles. The van der Waals surface area contributed by atoms with Gasteiger partial charge in [-0.15, -0.1) is 11.3 Å². The van der Waals surface area contributed by atoms with Crippen LogP contribution in [0.1, 0.15) is 30.6 Å². The molecule has 2 aliphatic rings. The van der Waals surface area contributed by atoms with Crippen LogP contribution in [0.5, 0.6) is 0 Å². The van der Waals surface area contributed by atoms with Crippen molar-refractivity contribution in [2.45, 2.75) is 43.8 Å². The summed E-state index contributed by atoms with van der Waals surface area (Å²) >= 11 is 1.51. The van der Waals surface area contributed by atoms with Crippen molar-refractivity contribution < 1.29 is 0 Å². The maximum Gasteiger partial charge on any atom is 0.126 e. The van der Waals surface area contributed by atoms with Gasteiger partial charge in [0.05, 0.1) is 4.70 Å². The Morgan fingerprint density at radius 3 is 2.81 bits per heavy atom. The first-order chi connectivity index (χ1) is 10.2. The van der Waals surface area contributed by atoms with Crippen LogP contribution in [0.25, 0.3) is 10.1 Å². The minimum atomic E-state index is 0.526. The Hall–Kier alpha value is -1.64. The number of nitriles is 1. The number of fused-ring (bicyclic) bond motifs is 3. The Bertz CT molecular complexity index is 703. The van der Waals surface area contributed by atoms with Crippen LogP contribution >= 0.6 is 11.3 Å². The molecule has 5 heteroatoms. The summed E-state index contributed by atoms with van der Waals surface area (Å²) in [7, 11) is 2.26. The number of nitrogens with zero attached hydrogens (tertiary/aromatic N) is 3. The van der Waals surface area contributed by atoms with Crippen LogP contribution in [0.2, 0.25) is 0 Å². The molecule has 2 fully saturated rings. The standard InChI is InChI=1S/C16H18N4S/c1-20-12-2-3-13(20)7-11(6-12)19-16-5-10-4-14(8-17)21-15(10)9-18-16/h4-5,9,11-13H,2-3,6-7H2,1H3,(H,18,19)/t11?,12-,13?/m0/s1. The molecule has 4 rings (SSSR count). The predicted octanol–water partition coefficient (Wildman–Crippen LogP) is 3.21. The summed E-state index contributed by atoms with van der Waals surface area (Å²) in [6.45, 7) is 0. The first kappa shape index (κ1) is 13.1. The van der Waals surface area contributed by atoms with Crippen LogP contribution in [0.15, 0.2) is 18.3 Å². The van der Waals surface area contributed by atoms with Gasteiger partial charge >= 0.3 is 0 Å². The highest BCUT2D eigenvalue weighted by atomic mass is 32.1. The van der Waals surface area contributed by atoms with Crippen molar-refractivity contribution in [3.8, 4) is 6.07 Å². The second-order valence-corrected chi connectivity index (χ2v) is 7.28. The Morgan fingerprint density at radius 2 is 2.10 bits per heavy atom. The molecule has 108 valence electrons. The fraction of sp³-hybridized carbons (Fsp3) is 0.500. The van der Waals surface area contributed by atoms with E-state index in [9.17, 15) is 0 Å². The summed E-state index contributed by atoms with van der Waals surface area (Å²) in [4.78, 5) is 7.81. The lowest BCUT2D eigenvalue weighted by atomic mass is 9.98. The third kappa shape index (κ3) is 2.29. The van der Waals surface area contributed by atoms with Crippen molar-refractivity contribution in [1.82, 2.24) is 9.88 Å². The van der Waals surface area contributed by atoms with Gasteiger partial charge in [0.25, 0.3) is 0 Å². The maximum atomic E-state index is 8.98. The molecule has 2 saturated heterocycles. The first-order valence-electron chi connectivity index (χ1n) is 7.51. The molecule has 21 heavy (non-hydrogen) atoms. The van der Waals surface area contributed by atoms with Crippen LogP contribution in [0, 0.1) is 11.3 Å². The van der Waals surface area contributed by atoms with Crippen molar-refractivity contribution in [3.63, 3.8) is 0 Å². The molecule has 2 bridgehead atoms.